The predicted molar refractivity (Wildman–Crippen MR) is 191 cm³/mol. The highest BCUT2D eigenvalue weighted by Gasteiger charge is 2.32. The van der Waals surface area contributed by atoms with Crippen LogP contribution in [0.25, 0.3) is 0 Å². The lowest BCUT2D eigenvalue weighted by Gasteiger charge is -2.30. The van der Waals surface area contributed by atoms with Crippen molar-refractivity contribution in [2.24, 2.45) is 11.7 Å². The third kappa shape index (κ3) is 12.3. The van der Waals surface area contributed by atoms with Crippen molar-refractivity contribution in [3.8, 4) is 5.75 Å². The van der Waals surface area contributed by atoms with Crippen LogP contribution in [0.3, 0.4) is 0 Å². The van der Waals surface area contributed by atoms with Gasteiger partial charge in [-0.25, -0.2) is 4.79 Å². The summed E-state index contributed by atoms with van der Waals surface area (Å²) in [5.74, 6) is -4.67. The normalized spacial score (nSPS) is 12.8. The molecule has 3 aromatic rings. The number of amides is 3. The van der Waals surface area contributed by atoms with Gasteiger partial charge in [0.05, 0.1) is 25.4 Å². The van der Waals surface area contributed by atoms with E-state index < -0.39 is 41.7 Å². The van der Waals surface area contributed by atoms with Crippen molar-refractivity contribution in [1.29, 1.82) is 5.41 Å². The summed E-state index contributed by atoms with van der Waals surface area (Å²) in [6.45, 7) is 4.64. The van der Waals surface area contributed by atoms with Gasteiger partial charge in [0.25, 0.3) is 11.9 Å². The lowest BCUT2D eigenvalue weighted by Crippen LogP contribution is -2.48. The largest absolute Gasteiger partial charge is 0.481 e. The molecule has 0 bridgehead atoms. The summed E-state index contributed by atoms with van der Waals surface area (Å²) >= 11 is 0. The molecule has 4 rings (SSSR count). The van der Waals surface area contributed by atoms with E-state index in [4.69, 9.17) is 35.3 Å². The van der Waals surface area contributed by atoms with Crippen LogP contribution in [-0.4, -0.2) is 72.4 Å². The number of carbonyl (C=O) groups excluding carboxylic acids is 5. The summed E-state index contributed by atoms with van der Waals surface area (Å²) in [6.07, 6.45) is -0.176. The van der Waals surface area contributed by atoms with E-state index in [1.807, 2.05) is 6.07 Å². The smallest absolute Gasteiger partial charge is 0.328 e. The summed E-state index contributed by atoms with van der Waals surface area (Å²) in [5.41, 5.74) is 8.47. The lowest BCUT2D eigenvalue weighted by molar-refractivity contribution is -0.150. The summed E-state index contributed by atoms with van der Waals surface area (Å²) in [6, 6.07) is 19.6. The van der Waals surface area contributed by atoms with Crippen LogP contribution in [0.2, 0.25) is 0 Å². The second-order valence-electron chi connectivity index (χ2n) is 11.5. The number of hydrogen-bond acceptors (Lipinski definition) is 10. The molecule has 0 aliphatic carbocycles. The minimum absolute atomic E-state index is 0.0259. The molecule has 1 aliphatic heterocycles. The number of rotatable bonds is 15. The number of amidine groups is 1. The summed E-state index contributed by atoms with van der Waals surface area (Å²) in [7, 11) is 0. The van der Waals surface area contributed by atoms with E-state index in [0.717, 1.165) is 12.5 Å². The molecule has 3 aromatic carbocycles. The van der Waals surface area contributed by atoms with Gasteiger partial charge >= 0.3 is 11.9 Å². The first kappa shape index (κ1) is 40.2. The number of nitrogens with two attached hydrogens (primary N) is 1. The molecule has 6 N–H and O–H groups in total. The van der Waals surface area contributed by atoms with Gasteiger partial charge in [-0.3, -0.25) is 29.4 Å². The fraction of sp³-hybridized carbons (Fsp3) is 0.324. The molecule has 2 atom stereocenters. The zero-order valence-corrected chi connectivity index (χ0v) is 29.2. The molecule has 0 fully saturated rings. The van der Waals surface area contributed by atoms with Crippen LogP contribution in [-0.2, 0) is 51.2 Å². The Morgan fingerprint density at radius 1 is 0.942 bits per heavy atom. The summed E-state index contributed by atoms with van der Waals surface area (Å²) < 4.78 is 15.8. The Morgan fingerprint density at radius 3 is 2.21 bits per heavy atom. The number of benzene rings is 3. The fourth-order valence-electron chi connectivity index (χ4n) is 5.07. The standard InChI is InChI=1S/C35H39N5O8.C2H4O2/c1-3-46-31(42)17-15-27(35(45)47-4-2)39-34(44)26(18-22-8-6-5-7-9-22)33(43)38-25-14-16-28-29(19-25)48-21-30(41)40(28)20-23-10-12-24(13-11-23)32(36)37;1-2(3)4/h5-14,16,19,26-27H,3-4,15,17-18,20-21H2,1-2H3,(H3,36,37)(H,38,43)(H,39,44);1H3,(H,3,4)/t26-,27+;/m1./s1. The van der Waals surface area contributed by atoms with Crippen LogP contribution in [0.5, 0.6) is 5.75 Å². The lowest BCUT2D eigenvalue weighted by atomic mass is 9.96. The molecule has 1 heterocycles. The molecular formula is C37H43N5O10. The number of esters is 2. The first-order valence-corrected chi connectivity index (χ1v) is 16.5. The monoisotopic (exact) mass is 717 g/mol. The second-order valence-corrected chi connectivity index (χ2v) is 11.5. The second kappa shape index (κ2) is 19.8. The number of nitrogens with one attached hydrogen (secondary N) is 3. The zero-order chi connectivity index (χ0) is 38.2. The maximum Gasteiger partial charge on any atom is 0.328 e. The highest BCUT2D eigenvalue weighted by molar-refractivity contribution is 6.08. The fourth-order valence-corrected chi connectivity index (χ4v) is 5.07. The van der Waals surface area contributed by atoms with E-state index in [-0.39, 0.29) is 57.4 Å². The number of ether oxygens (including phenoxy) is 3. The Labute approximate surface area is 300 Å². The molecule has 15 nitrogen and oxygen atoms in total. The van der Waals surface area contributed by atoms with E-state index in [2.05, 4.69) is 10.6 Å². The molecule has 1 aliphatic rings. The number of nitrogens with zero attached hydrogens (tertiary/aromatic N) is 1. The van der Waals surface area contributed by atoms with Crippen molar-refractivity contribution < 1.29 is 48.1 Å². The van der Waals surface area contributed by atoms with Crippen LogP contribution in [0.15, 0.2) is 72.8 Å². The van der Waals surface area contributed by atoms with E-state index in [1.165, 1.54) is 0 Å². The first-order valence-electron chi connectivity index (χ1n) is 16.5. The van der Waals surface area contributed by atoms with Gasteiger partial charge in [0, 0.05) is 30.7 Å². The van der Waals surface area contributed by atoms with Gasteiger partial charge in [-0.1, -0.05) is 54.6 Å². The number of carbonyl (C=O) groups is 6. The number of carboxylic acids is 1. The molecule has 0 aromatic heterocycles. The third-order valence-electron chi connectivity index (χ3n) is 7.52. The molecule has 52 heavy (non-hydrogen) atoms. The number of carboxylic acid groups (broad SMARTS) is 1. The van der Waals surface area contributed by atoms with E-state index in [0.29, 0.717) is 28.3 Å². The number of fused-ring (bicyclic) bond motifs is 1. The first-order chi connectivity index (χ1) is 24.8. The van der Waals surface area contributed by atoms with Crippen molar-refractivity contribution in [2.45, 2.75) is 52.6 Å². The topological polar surface area (TPSA) is 228 Å². The number of nitrogen functional groups attached to an aromatic ring is 1. The number of hydrogen-bond donors (Lipinski definition) is 5. The van der Waals surface area contributed by atoms with Gasteiger partial charge in [0.1, 0.15) is 23.5 Å². The number of anilines is 2. The van der Waals surface area contributed by atoms with Gasteiger partial charge in [0.15, 0.2) is 6.61 Å². The van der Waals surface area contributed by atoms with Crippen LogP contribution >= 0.6 is 0 Å². The van der Waals surface area contributed by atoms with Crippen molar-refractivity contribution in [3.63, 3.8) is 0 Å². The van der Waals surface area contributed by atoms with Crippen LogP contribution < -0.4 is 26.0 Å². The van der Waals surface area contributed by atoms with Crippen LogP contribution in [0.4, 0.5) is 11.4 Å². The van der Waals surface area contributed by atoms with E-state index >= 15 is 0 Å². The van der Waals surface area contributed by atoms with Gasteiger partial charge < -0.3 is 40.6 Å². The van der Waals surface area contributed by atoms with Gasteiger partial charge in [0.2, 0.25) is 11.8 Å². The Hall–Kier alpha value is -6.25. The average Bonchev–Trinajstić information content (AvgIpc) is 3.10. The zero-order valence-electron chi connectivity index (χ0n) is 29.2. The molecule has 15 heteroatoms. The van der Waals surface area contributed by atoms with Gasteiger partial charge in [-0.15, -0.1) is 0 Å². The van der Waals surface area contributed by atoms with Gasteiger partial charge in [-0.2, -0.15) is 0 Å². The van der Waals surface area contributed by atoms with Crippen molar-refractivity contribution in [3.05, 3.63) is 89.5 Å². The summed E-state index contributed by atoms with van der Waals surface area (Å²) in [5, 5.41) is 20.4. The molecule has 276 valence electrons. The summed E-state index contributed by atoms with van der Waals surface area (Å²) in [4.78, 5) is 75.4. The van der Waals surface area contributed by atoms with E-state index in [9.17, 15) is 24.0 Å². The molecule has 0 unspecified atom stereocenters. The quantitative estimate of drug-likeness (QED) is 0.0664. The molecular weight excluding hydrogens is 674 g/mol. The Morgan fingerprint density at radius 2 is 1.60 bits per heavy atom. The highest BCUT2D eigenvalue weighted by Crippen LogP contribution is 2.35. The van der Waals surface area contributed by atoms with Gasteiger partial charge in [-0.05, 0) is 49.9 Å². The van der Waals surface area contributed by atoms with E-state index in [1.54, 1.807) is 85.5 Å². The van der Waals surface area contributed by atoms with Crippen LogP contribution in [0.1, 0.15) is 50.3 Å². The highest BCUT2D eigenvalue weighted by atomic mass is 16.5. The SMILES string of the molecule is CC(=O)O.CCOC(=O)CC[C@H](NC(=O)[C@H](Cc1ccccc1)C(=O)Nc1ccc2c(c1)OCC(=O)N2Cc1ccc(C(=N)N)cc1)C(=O)OCC. The Bertz CT molecular complexity index is 1740. The van der Waals surface area contributed by atoms with Crippen molar-refractivity contribution in [2.75, 3.05) is 30.0 Å². The number of aliphatic carboxylic acids is 1. The minimum Gasteiger partial charge on any atom is -0.481 e. The molecule has 0 saturated heterocycles. The van der Waals surface area contributed by atoms with Crippen molar-refractivity contribution in [1.82, 2.24) is 5.32 Å². The molecule has 3 amide bonds. The third-order valence-corrected chi connectivity index (χ3v) is 7.52. The average molecular weight is 718 g/mol. The molecule has 0 radical (unpaired) electrons. The Balaban J connectivity index is 0.00000173. The predicted octanol–water partition coefficient (Wildman–Crippen LogP) is 3.18. The molecule has 0 spiro atoms. The van der Waals surface area contributed by atoms with Crippen molar-refractivity contribution >= 4 is 52.8 Å². The minimum atomic E-state index is -1.26. The van der Waals surface area contributed by atoms with Crippen LogP contribution in [0, 0.1) is 11.3 Å². The maximum absolute atomic E-state index is 13.7. The Kier molecular flexibility index (Phi) is 15.3. The molecule has 0 saturated carbocycles. The maximum atomic E-state index is 13.7.